The van der Waals surface area contributed by atoms with Gasteiger partial charge in [0.25, 0.3) is 0 Å². The third-order valence-electron chi connectivity index (χ3n) is 7.03. The molecule has 12 heteroatoms. The average Bonchev–Trinajstić information content (AvgIpc) is 3.18. The number of para-hydroxylation sites is 3. The molecule has 0 radical (unpaired) electrons. The van der Waals surface area contributed by atoms with E-state index in [4.69, 9.17) is 42.6 Å². The van der Waals surface area contributed by atoms with Crippen molar-refractivity contribution in [2.75, 3.05) is 79.3 Å². The summed E-state index contributed by atoms with van der Waals surface area (Å²) in [7, 11) is 0. The average molecular weight is 709 g/mol. The molecule has 4 rings (SSSR count). The van der Waals surface area contributed by atoms with E-state index in [9.17, 15) is 15.3 Å². The Hall–Kier alpha value is -4.56. The van der Waals surface area contributed by atoms with E-state index in [1.165, 1.54) is 0 Å². The van der Waals surface area contributed by atoms with Crippen LogP contribution in [0.15, 0.2) is 109 Å². The topological polar surface area (TPSA) is 144 Å². The Morgan fingerprint density at radius 3 is 0.804 bits per heavy atom. The SMILES string of the molecule is OCCOC(COc1ccccc1)COc1cc(OCC(COc2ccccc2)OCCO)cc(OCC(COc2ccccc2)OCCO)c1. The largest absolute Gasteiger partial charge is 0.491 e. The zero-order valence-corrected chi connectivity index (χ0v) is 28.6. The van der Waals surface area contributed by atoms with Gasteiger partial charge in [0.2, 0.25) is 0 Å². The molecule has 0 aromatic heterocycles. The zero-order valence-electron chi connectivity index (χ0n) is 28.6. The number of aliphatic hydroxyl groups excluding tert-OH is 3. The van der Waals surface area contributed by atoms with E-state index in [0.717, 1.165) is 0 Å². The second-order valence-corrected chi connectivity index (χ2v) is 11.1. The van der Waals surface area contributed by atoms with E-state index in [0.29, 0.717) is 34.5 Å². The van der Waals surface area contributed by atoms with E-state index in [1.807, 2.05) is 91.0 Å². The number of ether oxygens (including phenoxy) is 9. The summed E-state index contributed by atoms with van der Waals surface area (Å²) in [5.74, 6) is 3.35. The fraction of sp³-hybridized carbons (Fsp3) is 0.385. The fourth-order valence-electron chi connectivity index (χ4n) is 4.57. The maximum absolute atomic E-state index is 9.37. The smallest absolute Gasteiger partial charge is 0.126 e. The van der Waals surface area contributed by atoms with Crippen LogP contribution in [0.4, 0.5) is 0 Å². The van der Waals surface area contributed by atoms with Crippen molar-refractivity contribution in [3.63, 3.8) is 0 Å². The van der Waals surface area contributed by atoms with Crippen molar-refractivity contribution in [3.05, 3.63) is 109 Å². The summed E-state index contributed by atoms with van der Waals surface area (Å²) in [6, 6.07) is 33.2. The van der Waals surface area contributed by atoms with Crippen LogP contribution in [-0.2, 0) is 14.2 Å². The van der Waals surface area contributed by atoms with E-state index in [-0.39, 0.29) is 79.3 Å². The van der Waals surface area contributed by atoms with Gasteiger partial charge in [-0.25, -0.2) is 0 Å². The van der Waals surface area contributed by atoms with Crippen molar-refractivity contribution in [2.45, 2.75) is 18.3 Å². The molecule has 276 valence electrons. The lowest BCUT2D eigenvalue weighted by Crippen LogP contribution is -2.30. The van der Waals surface area contributed by atoms with Crippen LogP contribution < -0.4 is 28.4 Å². The predicted octanol–water partition coefficient (Wildman–Crippen LogP) is 4.19. The van der Waals surface area contributed by atoms with Crippen molar-refractivity contribution < 1.29 is 58.0 Å². The summed E-state index contributed by atoms with van der Waals surface area (Å²) < 4.78 is 53.5. The molecule has 0 aliphatic heterocycles. The molecule has 0 fully saturated rings. The monoisotopic (exact) mass is 708 g/mol. The van der Waals surface area contributed by atoms with Gasteiger partial charge in [0.15, 0.2) is 0 Å². The first-order valence-corrected chi connectivity index (χ1v) is 16.9. The first-order chi connectivity index (χ1) is 25.1. The molecule has 4 aromatic rings. The van der Waals surface area contributed by atoms with Gasteiger partial charge < -0.3 is 58.0 Å². The number of benzene rings is 4. The number of hydrogen-bond acceptors (Lipinski definition) is 12. The first-order valence-electron chi connectivity index (χ1n) is 16.9. The Morgan fingerprint density at radius 2 is 0.569 bits per heavy atom. The zero-order chi connectivity index (χ0) is 35.8. The fourth-order valence-corrected chi connectivity index (χ4v) is 4.57. The second kappa shape index (κ2) is 23.8. The van der Waals surface area contributed by atoms with E-state index >= 15 is 0 Å². The van der Waals surface area contributed by atoms with Crippen LogP contribution in [0.5, 0.6) is 34.5 Å². The lowest BCUT2D eigenvalue weighted by atomic mass is 10.3. The predicted molar refractivity (Wildman–Crippen MR) is 189 cm³/mol. The van der Waals surface area contributed by atoms with Crippen molar-refractivity contribution >= 4 is 0 Å². The summed E-state index contributed by atoms with van der Waals surface area (Å²) >= 11 is 0. The van der Waals surface area contributed by atoms with Gasteiger partial charge in [0.05, 0.1) is 39.6 Å². The number of hydrogen-bond donors (Lipinski definition) is 3. The van der Waals surface area contributed by atoms with Gasteiger partial charge >= 0.3 is 0 Å². The molecule has 3 N–H and O–H groups in total. The van der Waals surface area contributed by atoms with Gasteiger partial charge in [-0.15, -0.1) is 0 Å². The third-order valence-corrected chi connectivity index (χ3v) is 7.03. The highest BCUT2D eigenvalue weighted by Gasteiger charge is 2.17. The normalized spacial score (nSPS) is 12.8. The van der Waals surface area contributed by atoms with Gasteiger partial charge in [0.1, 0.15) is 92.5 Å². The molecule has 3 atom stereocenters. The van der Waals surface area contributed by atoms with Crippen LogP contribution in [-0.4, -0.2) is 113 Å². The van der Waals surface area contributed by atoms with Gasteiger partial charge in [0, 0.05) is 18.2 Å². The summed E-state index contributed by atoms with van der Waals surface area (Å²) in [5.41, 5.74) is 0. The highest BCUT2D eigenvalue weighted by atomic mass is 16.6. The van der Waals surface area contributed by atoms with Crippen LogP contribution in [0, 0.1) is 0 Å². The molecule has 12 nitrogen and oxygen atoms in total. The highest BCUT2D eigenvalue weighted by Crippen LogP contribution is 2.29. The molecule has 0 saturated heterocycles. The van der Waals surface area contributed by atoms with Gasteiger partial charge in [-0.1, -0.05) is 54.6 Å². The molecule has 0 bridgehead atoms. The van der Waals surface area contributed by atoms with Crippen LogP contribution in [0.3, 0.4) is 0 Å². The van der Waals surface area contributed by atoms with Crippen molar-refractivity contribution in [1.82, 2.24) is 0 Å². The summed E-state index contributed by atoms with van der Waals surface area (Å²) in [4.78, 5) is 0. The molecular formula is C39H48O12. The summed E-state index contributed by atoms with van der Waals surface area (Å²) in [6.45, 7) is 0.805. The van der Waals surface area contributed by atoms with E-state index in [2.05, 4.69) is 0 Å². The molecule has 0 spiro atoms. The maximum Gasteiger partial charge on any atom is 0.126 e. The minimum atomic E-state index is -0.496. The van der Waals surface area contributed by atoms with Gasteiger partial charge in [-0.2, -0.15) is 0 Å². The van der Waals surface area contributed by atoms with Crippen LogP contribution in [0.1, 0.15) is 0 Å². The number of aliphatic hydroxyl groups is 3. The third kappa shape index (κ3) is 15.9. The number of rotatable bonds is 27. The Kier molecular flexibility index (Phi) is 18.3. The molecule has 51 heavy (non-hydrogen) atoms. The summed E-state index contributed by atoms with van der Waals surface area (Å²) in [5, 5.41) is 28.1. The molecule has 0 aliphatic carbocycles. The van der Waals surface area contributed by atoms with Crippen molar-refractivity contribution in [2.24, 2.45) is 0 Å². The molecule has 0 aliphatic rings. The van der Waals surface area contributed by atoms with Gasteiger partial charge in [-0.3, -0.25) is 0 Å². The standard InChI is InChI=1S/C39H48O12/c40-16-19-43-37(25-46-31-10-4-1-5-11-31)28-49-34-22-35(50-29-38(44-20-17-41)26-47-32-12-6-2-7-13-32)24-36(23-34)51-30-39(45-21-18-42)27-48-33-14-8-3-9-15-33/h1-15,22-24,37-42H,16-21,25-30H2. The first kappa shape index (κ1) is 39.2. The molecule has 0 amide bonds. The molecule has 0 saturated carbocycles. The lowest BCUT2D eigenvalue weighted by molar-refractivity contribution is -0.0230. The van der Waals surface area contributed by atoms with E-state index in [1.54, 1.807) is 18.2 Å². The Balaban J connectivity index is 1.46. The van der Waals surface area contributed by atoms with Crippen LogP contribution >= 0.6 is 0 Å². The maximum atomic E-state index is 9.37. The summed E-state index contributed by atoms with van der Waals surface area (Å²) in [6.07, 6.45) is -1.49. The Labute approximate surface area is 298 Å². The van der Waals surface area contributed by atoms with Crippen molar-refractivity contribution in [1.29, 1.82) is 0 Å². The molecule has 4 aromatic carbocycles. The highest BCUT2D eigenvalue weighted by molar-refractivity contribution is 5.42. The molecule has 3 unspecified atom stereocenters. The van der Waals surface area contributed by atoms with Crippen molar-refractivity contribution in [3.8, 4) is 34.5 Å². The van der Waals surface area contributed by atoms with E-state index < -0.39 is 18.3 Å². The quantitative estimate of drug-likeness (QED) is 0.0818. The van der Waals surface area contributed by atoms with Crippen LogP contribution in [0.2, 0.25) is 0 Å². The lowest BCUT2D eigenvalue weighted by Gasteiger charge is -2.22. The molecule has 0 heterocycles. The minimum absolute atomic E-state index is 0.107. The molecular weight excluding hydrogens is 660 g/mol. The van der Waals surface area contributed by atoms with Gasteiger partial charge in [-0.05, 0) is 36.4 Å². The minimum Gasteiger partial charge on any atom is -0.491 e. The Morgan fingerprint density at radius 1 is 0.333 bits per heavy atom. The second-order valence-electron chi connectivity index (χ2n) is 11.1. The van der Waals surface area contributed by atoms with Crippen LogP contribution in [0.25, 0.3) is 0 Å². The Bertz CT molecular complexity index is 1260.